The molecule has 1 atom stereocenters. The van der Waals surface area contributed by atoms with Gasteiger partial charge in [0, 0.05) is 25.3 Å². The second-order valence-corrected chi connectivity index (χ2v) is 6.03. The quantitative estimate of drug-likeness (QED) is 0.850. The number of pyridine rings is 1. The normalized spacial score (nSPS) is 17.8. The molecule has 6 heteroatoms. The van der Waals surface area contributed by atoms with E-state index in [-0.39, 0.29) is 5.97 Å². The fourth-order valence-corrected chi connectivity index (χ4v) is 3.08. The molecule has 3 heterocycles. The molecule has 1 aliphatic heterocycles. The molecule has 0 radical (unpaired) electrons. The molecule has 0 amide bonds. The third-order valence-electron chi connectivity index (χ3n) is 4.33. The first kappa shape index (κ1) is 16.5. The van der Waals surface area contributed by atoms with Gasteiger partial charge in [-0.1, -0.05) is 6.07 Å². The molecule has 0 unspecified atom stereocenters. The summed E-state index contributed by atoms with van der Waals surface area (Å²) in [7, 11) is 1.38. The maximum absolute atomic E-state index is 11.6. The summed E-state index contributed by atoms with van der Waals surface area (Å²) in [4.78, 5) is 18.4. The molecule has 0 aromatic carbocycles. The summed E-state index contributed by atoms with van der Waals surface area (Å²) < 4.78 is 10.4. The largest absolute Gasteiger partial charge is 0.465 e. The maximum Gasteiger partial charge on any atom is 0.341 e. The van der Waals surface area contributed by atoms with Crippen LogP contribution in [-0.2, 0) is 11.3 Å². The fourth-order valence-electron chi connectivity index (χ4n) is 3.08. The number of nitrogens with one attached hydrogen (secondary N) is 1. The van der Waals surface area contributed by atoms with Gasteiger partial charge in [0.2, 0.25) is 0 Å². The monoisotopic (exact) mass is 329 g/mol. The summed E-state index contributed by atoms with van der Waals surface area (Å²) in [5.41, 5.74) is 0.494. The Labute approximate surface area is 141 Å². The van der Waals surface area contributed by atoms with Crippen LogP contribution in [0.4, 0.5) is 5.82 Å². The average molecular weight is 329 g/mol. The highest BCUT2D eigenvalue weighted by Crippen LogP contribution is 2.19. The molecule has 1 N–H and O–H groups in total. The molecule has 2 aromatic heterocycles. The molecule has 0 saturated carbocycles. The SMILES string of the molecule is COC(=O)c1cc(CN[C@@H]2CCCN(c3ccccn3)C2)oc1C. The van der Waals surface area contributed by atoms with Crippen molar-refractivity contribution in [3.63, 3.8) is 0 Å². The van der Waals surface area contributed by atoms with Gasteiger partial charge in [0.15, 0.2) is 0 Å². The third-order valence-corrected chi connectivity index (χ3v) is 4.33. The molecule has 0 spiro atoms. The average Bonchev–Trinajstić information content (AvgIpc) is 3.01. The predicted octanol–water partition coefficient (Wildman–Crippen LogP) is 2.53. The lowest BCUT2D eigenvalue weighted by atomic mass is 10.1. The Morgan fingerprint density at radius 2 is 2.38 bits per heavy atom. The number of piperidine rings is 1. The minimum absolute atomic E-state index is 0.360. The highest BCUT2D eigenvalue weighted by Gasteiger charge is 2.21. The predicted molar refractivity (Wildman–Crippen MR) is 91.1 cm³/mol. The van der Waals surface area contributed by atoms with Gasteiger partial charge in [-0.25, -0.2) is 9.78 Å². The lowest BCUT2D eigenvalue weighted by Crippen LogP contribution is -2.45. The van der Waals surface area contributed by atoms with Crippen molar-refractivity contribution >= 4 is 11.8 Å². The van der Waals surface area contributed by atoms with Crippen LogP contribution in [0.3, 0.4) is 0 Å². The standard InChI is InChI=1S/C18H23N3O3/c1-13-16(18(22)23-2)10-15(24-13)11-20-14-6-5-9-21(12-14)17-7-3-4-8-19-17/h3-4,7-8,10,14,20H,5-6,9,11-12H2,1-2H3/t14-/m1/s1. The number of ether oxygens (including phenoxy) is 1. The fraction of sp³-hybridized carbons (Fsp3) is 0.444. The van der Waals surface area contributed by atoms with E-state index >= 15 is 0 Å². The summed E-state index contributed by atoms with van der Waals surface area (Å²) in [5.74, 6) is 2.01. The minimum atomic E-state index is -0.360. The van der Waals surface area contributed by atoms with Gasteiger partial charge in [-0.2, -0.15) is 0 Å². The molecule has 6 nitrogen and oxygen atoms in total. The topological polar surface area (TPSA) is 67.6 Å². The molecule has 1 fully saturated rings. The zero-order chi connectivity index (χ0) is 16.9. The Morgan fingerprint density at radius 3 is 3.12 bits per heavy atom. The van der Waals surface area contributed by atoms with Gasteiger partial charge in [-0.05, 0) is 38.0 Å². The highest BCUT2D eigenvalue weighted by atomic mass is 16.5. The van der Waals surface area contributed by atoms with Crippen molar-refractivity contribution in [3.05, 3.63) is 47.5 Å². The number of hydrogen-bond acceptors (Lipinski definition) is 6. The number of carbonyl (C=O) groups excluding carboxylic acids is 1. The minimum Gasteiger partial charge on any atom is -0.465 e. The number of anilines is 1. The van der Waals surface area contributed by atoms with Gasteiger partial charge in [-0.15, -0.1) is 0 Å². The van der Waals surface area contributed by atoms with Crippen LogP contribution >= 0.6 is 0 Å². The molecule has 128 valence electrons. The van der Waals surface area contributed by atoms with Crippen LogP contribution in [0.1, 0.15) is 34.7 Å². The van der Waals surface area contributed by atoms with Gasteiger partial charge < -0.3 is 19.4 Å². The van der Waals surface area contributed by atoms with Crippen LogP contribution in [-0.4, -0.2) is 37.2 Å². The van der Waals surface area contributed by atoms with Crippen molar-refractivity contribution in [2.24, 2.45) is 0 Å². The number of hydrogen-bond donors (Lipinski definition) is 1. The molecule has 0 bridgehead atoms. The summed E-state index contributed by atoms with van der Waals surface area (Å²) in [6.45, 7) is 4.32. The third kappa shape index (κ3) is 3.76. The zero-order valence-electron chi connectivity index (χ0n) is 14.1. The number of rotatable bonds is 5. The lowest BCUT2D eigenvalue weighted by Gasteiger charge is -2.34. The van der Waals surface area contributed by atoms with Crippen molar-refractivity contribution in [1.29, 1.82) is 0 Å². The first-order chi connectivity index (χ1) is 11.7. The van der Waals surface area contributed by atoms with E-state index in [2.05, 4.69) is 15.2 Å². The molecule has 2 aromatic rings. The lowest BCUT2D eigenvalue weighted by molar-refractivity contribution is 0.0599. The van der Waals surface area contributed by atoms with Crippen molar-refractivity contribution in [2.75, 3.05) is 25.1 Å². The number of furan rings is 1. The summed E-state index contributed by atoms with van der Waals surface area (Å²) >= 11 is 0. The van der Waals surface area contributed by atoms with Crippen molar-refractivity contribution < 1.29 is 13.9 Å². The molecule has 3 rings (SSSR count). The number of aryl methyl sites for hydroxylation is 1. The van der Waals surface area contributed by atoms with Gasteiger partial charge in [0.05, 0.1) is 13.7 Å². The van der Waals surface area contributed by atoms with Crippen LogP contribution in [0.5, 0.6) is 0 Å². The van der Waals surface area contributed by atoms with Crippen molar-refractivity contribution in [1.82, 2.24) is 10.3 Å². The van der Waals surface area contributed by atoms with E-state index in [4.69, 9.17) is 9.15 Å². The second kappa shape index (κ2) is 7.49. The maximum atomic E-state index is 11.6. The smallest absolute Gasteiger partial charge is 0.341 e. The summed E-state index contributed by atoms with van der Waals surface area (Å²) in [5, 5.41) is 3.52. The Bertz CT molecular complexity index is 684. The van der Waals surface area contributed by atoms with Crippen LogP contribution in [0, 0.1) is 6.92 Å². The molecule has 0 aliphatic carbocycles. The first-order valence-corrected chi connectivity index (χ1v) is 8.24. The second-order valence-electron chi connectivity index (χ2n) is 6.03. The van der Waals surface area contributed by atoms with E-state index in [1.165, 1.54) is 7.11 Å². The highest BCUT2D eigenvalue weighted by molar-refractivity contribution is 5.90. The van der Waals surface area contributed by atoms with Gasteiger partial charge in [0.25, 0.3) is 0 Å². The van der Waals surface area contributed by atoms with Crippen LogP contribution in [0.2, 0.25) is 0 Å². The molecular formula is C18H23N3O3. The van der Waals surface area contributed by atoms with Crippen molar-refractivity contribution in [3.8, 4) is 0 Å². The first-order valence-electron chi connectivity index (χ1n) is 8.24. The van der Waals surface area contributed by atoms with Crippen molar-refractivity contribution in [2.45, 2.75) is 32.4 Å². The van der Waals surface area contributed by atoms with E-state index in [1.54, 1.807) is 13.0 Å². The Kier molecular flexibility index (Phi) is 5.15. The van der Waals surface area contributed by atoms with Gasteiger partial charge >= 0.3 is 5.97 Å². The molecular weight excluding hydrogens is 306 g/mol. The van der Waals surface area contributed by atoms with Gasteiger partial charge in [-0.3, -0.25) is 0 Å². The Hall–Kier alpha value is -2.34. The van der Waals surface area contributed by atoms with Crippen LogP contribution in [0.15, 0.2) is 34.9 Å². The number of carbonyl (C=O) groups is 1. The Balaban J connectivity index is 1.58. The summed E-state index contributed by atoms with van der Waals surface area (Å²) in [6.07, 6.45) is 4.07. The molecule has 24 heavy (non-hydrogen) atoms. The van der Waals surface area contributed by atoms with E-state index < -0.39 is 0 Å². The number of aromatic nitrogens is 1. The van der Waals surface area contributed by atoms with E-state index in [0.29, 0.717) is 23.9 Å². The number of nitrogens with zero attached hydrogens (tertiary/aromatic N) is 2. The molecule has 1 saturated heterocycles. The van der Waals surface area contributed by atoms with E-state index in [0.717, 1.165) is 37.5 Å². The van der Waals surface area contributed by atoms with E-state index in [9.17, 15) is 4.79 Å². The van der Waals surface area contributed by atoms with Crippen LogP contribution < -0.4 is 10.2 Å². The van der Waals surface area contributed by atoms with Gasteiger partial charge in [0.1, 0.15) is 22.9 Å². The Morgan fingerprint density at radius 1 is 1.50 bits per heavy atom. The number of methoxy groups -OCH3 is 1. The van der Waals surface area contributed by atoms with Crippen LogP contribution in [0.25, 0.3) is 0 Å². The zero-order valence-corrected chi connectivity index (χ0v) is 14.1. The van der Waals surface area contributed by atoms with E-state index in [1.807, 2.05) is 24.4 Å². The number of esters is 1. The summed E-state index contributed by atoms with van der Waals surface area (Å²) in [6, 6.07) is 8.11. The molecule has 1 aliphatic rings.